The molecule has 0 radical (unpaired) electrons. The van der Waals surface area contributed by atoms with Crippen LogP contribution in [0.4, 0.5) is 0 Å². The fourth-order valence-electron chi connectivity index (χ4n) is 4.68. The van der Waals surface area contributed by atoms with Crippen LogP contribution in [0.15, 0.2) is 12.3 Å². The second-order valence-electron chi connectivity index (χ2n) is 7.57. The molecule has 0 bridgehead atoms. The van der Waals surface area contributed by atoms with Gasteiger partial charge in [0.2, 0.25) is 0 Å². The highest BCUT2D eigenvalue weighted by Crippen LogP contribution is 2.45. The van der Waals surface area contributed by atoms with Crippen LogP contribution in [0.2, 0.25) is 0 Å². The molecule has 1 aromatic rings. The van der Waals surface area contributed by atoms with Gasteiger partial charge in [0, 0.05) is 32.4 Å². The van der Waals surface area contributed by atoms with Gasteiger partial charge in [-0.15, -0.1) is 0 Å². The molecule has 0 saturated carbocycles. The van der Waals surface area contributed by atoms with Crippen molar-refractivity contribution in [2.24, 2.45) is 5.92 Å². The van der Waals surface area contributed by atoms with Crippen molar-refractivity contribution in [2.45, 2.75) is 37.5 Å². The van der Waals surface area contributed by atoms with Gasteiger partial charge in [-0.05, 0) is 51.3 Å². The van der Waals surface area contributed by atoms with Crippen molar-refractivity contribution in [1.29, 1.82) is 0 Å². The van der Waals surface area contributed by atoms with E-state index in [0.717, 1.165) is 26.1 Å². The third-order valence-electron chi connectivity index (χ3n) is 6.22. The summed E-state index contributed by atoms with van der Waals surface area (Å²) in [7, 11) is -3.13. The Kier molecular flexibility index (Phi) is 4.15. The van der Waals surface area contributed by atoms with Crippen molar-refractivity contribution >= 4 is 15.7 Å². The third-order valence-corrected chi connectivity index (χ3v) is 8.82. The molecule has 0 aliphatic carbocycles. The van der Waals surface area contributed by atoms with E-state index in [0.29, 0.717) is 25.3 Å². The zero-order chi connectivity index (χ0) is 17.7. The summed E-state index contributed by atoms with van der Waals surface area (Å²) >= 11 is 0. The van der Waals surface area contributed by atoms with Gasteiger partial charge in [-0.2, -0.15) is 5.10 Å². The van der Waals surface area contributed by atoms with Gasteiger partial charge in [-0.25, -0.2) is 8.42 Å². The number of hydrogen-bond donors (Lipinski definition) is 0. The van der Waals surface area contributed by atoms with Gasteiger partial charge < -0.3 is 9.80 Å². The molecule has 1 aromatic heterocycles. The van der Waals surface area contributed by atoms with E-state index < -0.39 is 14.6 Å². The molecule has 3 aliphatic heterocycles. The van der Waals surface area contributed by atoms with E-state index in [4.69, 9.17) is 0 Å². The van der Waals surface area contributed by atoms with Crippen molar-refractivity contribution in [3.05, 3.63) is 18.0 Å². The maximum atomic E-state index is 12.8. The van der Waals surface area contributed by atoms with Gasteiger partial charge in [-0.3, -0.25) is 9.48 Å². The molecule has 3 saturated heterocycles. The second kappa shape index (κ2) is 6.09. The number of rotatable bonds is 4. The molecule has 1 unspecified atom stereocenters. The molecular formula is C17H26N4O3S. The zero-order valence-corrected chi connectivity index (χ0v) is 15.5. The summed E-state index contributed by atoms with van der Waals surface area (Å²) in [4.78, 5) is 16.8. The molecule has 25 heavy (non-hydrogen) atoms. The largest absolute Gasteiger partial charge is 0.334 e. The Morgan fingerprint density at radius 1 is 1.32 bits per heavy atom. The number of carbonyl (C=O) groups excluding carboxylic acids is 1. The standard InChI is InChI=1S/C17H26N4O3S/c1-2-21-15(5-7-18-21)16(22)20-12-17(13-20)14(6-10-25(17,23)24)11-19-8-3-4-9-19/h5,7,14H,2-4,6,8-13H2,1H3. The molecule has 1 atom stereocenters. The first kappa shape index (κ1) is 17.0. The van der Waals surface area contributed by atoms with Crippen molar-refractivity contribution in [2.75, 3.05) is 38.5 Å². The summed E-state index contributed by atoms with van der Waals surface area (Å²) in [6.07, 6.45) is 4.76. The van der Waals surface area contributed by atoms with Crippen LogP contribution >= 0.6 is 0 Å². The number of amides is 1. The minimum absolute atomic E-state index is 0.105. The van der Waals surface area contributed by atoms with Gasteiger partial charge in [-0.1, -0.05) is 0 Å². The molecule has 0 aromatic carbocycles. The van der Waals surface area contributed by atoms with Crippen LogP contribution in [-0.2, 0) is 16.4 Å². The van der Waals surface area contributed by atoms with E-state index in [9.17, 15) is 13.2 Å². The lowest BCUT2D eigenvalue weighted by Crippen LogP contribution is -2.69. The van der Waals surface area contributed by atoms with Crippen LogP contribution in [0.5, 0.6) is 0 Å². The first-order chi connectivity index (χ1) is 12.0. The Bertz CT molecular complexity index is 761. The van der Waals surface area contributed by atoms with Gasteiger partial charge in [0.15, 0.2) is 9.84 Å². The summed E-state index contributed by atoms with van der Waals surface area (Å²) in [5.41, 5.74) is 0.545. The zero-order valence-electron chi connectivity index (χ0n) is 14.7. The van der Waals surface area contributed by atoms with E-state index in [1.54, 1.807) is 21.8 Å². The Morgan fingerprint density at radius 3 is 2.72 bits per heavy atom. The average molecular weight is 366 g/mol. The van der Waals surface area contributed by atoms with Crippen LogP contribution in [0, 0.1) is 5.92 Å². The number of aromatic nitrogens is 2. The molecule has 8 heteroatoms. The van der Waals surface area contributed by atoms with Gasteiger partial charge in [0.25, 0.3) is 5.91 Å². The van der Waals surface area contributed by atoms with E-state index in [1.165, 1.54) is 12.8 Å². The van der Waals surface area contributed by atoms with Crippen molar-refractivity contribution in [1.82, 2.24) is 19.6 Å². The fraction of sp³-hybridized carbons (Fsp3) is 0.765. The van der Waals surface area contributed by atoms with E-state index >= 15 is 0 Å². The Labute approximate surface area is 148 Å². The highest BCUT2D eigenvalue weighted by atomic mass is 32.2. The molecule has 4 heterocycles. The highest BCUT2D eigenvalue weighted by Gasteiger charge is 2.62. The molecule has 4 rings (SSSR count). The lowest BCUT2D eigenvalue weighted by atomic mass is 9.82. The first-order valence-corrected chi connectivity index (χ1v) is 10.9. The number of carbonyl (C=O) groups is 1. The summed E-state index contributed by atoms with van der Waals surface area (Å²) in [5.74, 6) is 0.309. The Hall–Kier alpha value is -1.41. The van der Waals surface area contributed by atoms with Crippen LogP contribution in [0.3, 0.4) is 0 Å². The SMILES string of the molecule is CCn1nccc1C(=O)N1CC2(C1)C(CN1CCCC1)CCS2(=O)=O. The molecule has 3 aliphatic rings. The normalized spacial score (nSPS) is 27.7. The predicted octanol–water partition coefficient (Wildman–Crippen LogP) is 0.628. The highest BCUT2D eigenvalue weighted by molar-refractivity contribution is 7.93. The third kappa shape index (κ3) is 2.61. The monoisotopic (exact) mass is 366 g/mol. The van der Waals surface area contributed by atoms with Gasteiger partial charge in [0.05, 0.1) is 5.75 Å². The Balaban J connectivity index is 1.50. The maximum Gasteiger partial charge on any atom is 0.272 e. The lowest BCUT2D eigenvalue weighted by molar-refractivity contribution is 0.0421. The van der Waals surface area contributed by atoms with E-state index in [1.807, 2.05) is 6.92 Å². The number of likely N-dealkylation sites (tertiary alicyclic amines) is 2. The summed E-state index contributed by atoms with van der Waals surface area (Å²) in [6.45, 7) is 6.24. The second-order valence-corrected chi connectivity index (χ2v) is 10.0. The molecular weight excluding hydrogens is 340 g/mol. The minimum atomic E-state index is -3.13. The number of hydrogen-bond acceptors (Lipinski definition) is 5. The number of aryl methyl sites for hydroxylation is 1. The van der Waals surface area contributed by atoms with Crippen LogP contribution in [-0.4, -0.2) is 77.1 Å². The van der Waals surface area contributed by atoms with Gasteiger partial charge >= 0.3 is 0 Å². The lowest BCUT2D eigenvalue weighted by Gasteiger charge is -2.50. The Morgan fingerprint density at radius 2 is 2.04 bits per heavy atom. The molecule has 0 N–H and O–H groups in total. The maximum absolute atomic E-state index is 12.8. The predicted molar refractivity (Wildman–Crippen MR) is 94.1 cm³/mol. The van der Waals surface area contributed by atoms with Crippen molar-refractivity contribution in [3.63, 3.8) is 0 Å². The van der Waals surface area contributed by atoms with Gasteiger partial charge in [0.1, 0.15) is 10.4 Å². The summed E-state index contributed by atoms with van der Waals surface area (Å²) < 4.78 is 26.5. The van der Waals surface area contributed by atoms with Crippen LogP contribution in [0.25, 0.3) is 0 Å². The van der Waals surface area contributed by atoms with Crippen LogP contribution < -0.4 is 0 Å². The molecule has 7 nitrogen and oxygen atoms in total. The summed E-state index contributed by atoms with van der Waals surface area (Å²) in [6, 6.07) is 1.71. The number of nitrogens with zero attached hydrogens (tertiary/aromatic N) is 4. The smallest absolute Gasteiger partial charge is 0.272 e. The quantitative estimate of drug-likeness (QED) is 0.781. The summed E-state index contributed by atoms with van der Waals surface area (Å²) in [5, 5.41) is 4.14. The molecule has 3 fully saturated rings. The minimum Gasteiger partial charge on any atom is -0.334 e. The topological polar surface area (TPSA) is 75.5 Å². The number of sulfone groups is 1. The van der Waals surface area contributed by atoms with E-state index in [-0.39, 0.29) is 17.6 Å². The molecule has 1 spiro atoms. The van der Waals surface area contributed by atoms with E-state index in [2.05, 4.69) is 10.00 Å². The molecule has 1 amide bonds. The molecule has 138 valence electrons. The van der Waals surface area contributed by atoms with Crippen molar-refractivity contribution < 1.29 is 13.2 Å². The van der Waals surface area contributed by atoms with Crippen LogP contribution in [0.1, 0.15) is 36.7 Å². The average Bonchev–Trinajstić information content (AvgIpc) is 3.25. The van der Waals surface area contributed by atoms with Crippen molar-refractivity contribution in [3.8, 4) is 0 Å². The first-order valence-electron chi connectivity index (χ1n) is 9.22. The fourth-order valence-corrected chi connectivity index (χ4v) is 7.09.